The molecule has 2 heterocycles. The first kappa shape index (κ1) is 44.0. The quantitative estimate of drug-likeness (QED) is 0.162. The van der Waals surface area contributed by atoms with E-state index in [4.69, 9.17) is 44.8 Å². The van der Waals surface area contributed by atoms with Gasteiger partial charge >= 0.3 is 23.9 Å². The summed E-state index contributed by atoms with van der Waals surface area (Å²) in [4.78, 5) is 53.7. The van der Waals surface area contributed by atoms with Gasteiger partial charge in [0, 0.05) is 11.4 Å². The number of carbonyl (C=O) groups excluding carboxylic acids is 4. The van der Waals surface area contributed by atoms with Crippen molar-refractivity contribution in [1.82, 2.24) is 0 Å². The molecule has 2 saturated heterocycles. The van der Waals surface area contributed by atoms with Gasteiger partial charge in [-0.3, -0.25) is 19.2 Å². The van der Waals surface area contributed by atoms with E-state index < -0.39 is 82.7 Å². The van der Waals surface area contributed by atoms with Crippen molar-refractivity contribution in [2.75, 3.05) is 19.8 Å². The predicted molar refractivity (Wildman–Crippen MR) is 207 cm³/mol. The molecular formula is C43H59ClO11. The highest BCUT2D eigenvalue weighted by atomic mass is 35.5. The molecule has 0 saturated carbocycles. The molecule has 12 heteroatoms. The molecule has 6 atom stereocenters. The van der Waals surface area contributed by atoms with Crippen LogP contribution in [-0.2, 0) is 54.0 Å². The highest BCUT2D eigenvalue weighted by molar-refractivity contribution is 6.31. The van der Waals surface area contributed by atoms with Crippen LogP contribution in [0.2, 0.25) is 5.02 Å². The maximum absolute atomic E-state index is 13.6. The van der Waals surface area contributed by atoms with Crippen LogP contribution >= 0.6 is 11.6 Å². The van der Waals surface area contributed by atoms with Crippen LogP contribution in [-0.4, -0.2) is 74.2 Å². The van der Waals surface area contributed by atoms with Gasteiger partial charge in [-0.15, -0.1) is 0 Å². The second-order valence-corrected chi connectivity index (χ2v) is 19.0. The van der Waals surface area contributed by atoms with Gasteiger partial charge in [-0.1, -0.05) is 35.9 Å². The average Bonchev–Trinajstić information content (AvgIpc) is 3.71. The van der Waals surface area contributed by atoms with Crippen LogP contribution in [0.1, 0.15) is 112 Å². The second-order valence-electron chi connectivity index (χ2n) is 18.6. The molecule has 304 valence electrons. The molecule has 0 radical (unpaired) electrons. The molecule has 1 unspecified atom stereocenters. The Morgan fingerprint density at radius 1 is 0.745 bits per heavy atom. The van der Waals surface area contributed by atoms with Gasteiger partial charge in [0.15, 0.2) is 18.3 Å². The Morgan fingerprint density at radius 3 is 1.84 bits per heavy atom. The Morgan fingerprint density at radius 2 is 1.31 bits per heavy atom. The lowest BCUT2D eigenvalue weighted by molar-refractivity contribution is -0.189. The van der Waals surface area contributed by atoms with Crippen molar-refractivity contribution in [2.24, 2.45) is 21.7 Å². The SMILES string of the molecule is CC(C)(C)C(=O)OC[C@@H](OC(=O)C(C)(C)C)[C@H]1OC(c2ccc(Cl)c(Cc3ccc(O[C@H]4CCOC4)cc3)c2)[C@H](OC(=O)C(C)(C)C)[C@H]1OC(=O)C(C)(C)C. The third-order valence-electron chi connectivity index (χ3n) is 9.10. The van der Waals surface area contributed by atoms with Gasteiger partial charge in [-0.2, -0.15) is 0 Å². The topological polar surface area (TPSA) is 133 Å². The molecule has 2 aromatic carbocycles. The van der Waals surface area contributed by atoms with Crippen LogP contribution in [0, 0.1) is 21.7 Å². The van der Waals surface area contributed by atoms with E-state index in [0.29, 0.717) is 30.2 Å². The van der Waals surface area contributed by atoms with Gasteiger partial charge < -0.3 is 33.2 Å². The van der Waals surface area contributed by atoms with E-state index in [1.807, 2.05) is 30.3 Å². The Bertz CT molecular complexity index is 1670. The lowest BCUT2D eigenvalue weighted by Crippen LogP contribution is -2.49. The molecule has 55 heavy (non-hydrogen) atoms. The zero-order chi connectivity index (χ0) is 41.1. The highest BCUT2D eigenvalue weighted by Crippen LogP contribution is 2.42. The monoisotopic (exact) mass is 786 g/mol. The summed E-state index contributed by atoms with van der Waals surface area (Å²) in [5.74, 6) is -1.54. The first-order valence-corrected chi connectivity index (χ1v) is 19.3. The van der Waals surface area contributed by atoms with Gasteiger partial charge in [0.05, 0.1) is 34.9 Å². The summed E-state index contributed by atoms with van der Waals surface area (Å²) in [5.41, 5.74) is -1.38. The van der Waals surface area contributed by atoms with E-state index in [0.717, 1.165) is 23.3 Å². The molecule has 2 aliphatic rings. The van der Waals surface area contributed by atoms with Gasteiger partial charge in [0.25, 0.3) is 0 Å². The maximum atomic E-state index is 13.6. The van der Waals surface area contributed by atoms with Crippen molar-refractivity contribution >= 4 is 35.5 Å². The van der Waals surface area contributed by atoms with Crippen LogP contribution in [0.3, 0.4) is 0 Å². The normalized spacial score (nSPS) is 22.5. The van der Waals surface area contributed by atoms with Crippen molar-refractivity contribution in [3.8, 4) is 5.75 Å². The van der Waals surface area contributed by atoms with Crippen LogP contribution in [0.15, 0.2) is 42.5 Å². The molecule has 0 N–H and O–H groups in total. The van der Waals surface area contributed by atoms with Crippen LogP contribution in [0.4, 0.5) is 0 Å². The van der Waals surface area contributed by atoms with E-state index in [9.17, 15) is 19.2 Å². The third kappa shape index (κ3) is 11.9. The number of carbonyl (C=O) groups is 4. The summed E-state index contributed by atoms with van der Waals surface area (Å²) in [6.45, 7) is 21.3. The van der Waals surface area contributed by atoms with E-state index in [-0.39, 0.29) is 6.10 Å². The molecule has 0 aromatic heterocycles. The van der Waals surface area contributed by atoms with Crippen molar-refractivity contribution in [3.63, 3.8) is 0 Å². The zero-order valence-corrected chi connectivity index (χ0v) is 35.2. The highest BCUT2D eigenvalue weighted by Gasteiger charge is 2.55. The smallest absolute Gasteiger partial charge is 0.311 e. The van der Waals surface area contributed by atoms with Gasteiger partial charge in [0.1, 0.15) is 30.7 Å². The molecule has 0 bridgehead atoms. The summed E-state index contributed by atoms with van der Waals surface area (Å²) >= 11 is 6.77. The summed E-state index contributed by atoms with van der Waals surface area (Å²) < 4.78 is 42.3. The average molecular weight is 787 g/mol. The molecule has 0 aliphatic carbocycles. The van der Waals surface area contributed by atoms with Crippen molar-refractivity contribution in [2.45, 2.75) is 133 Å². The Balaban J connectivity index is 1.77. The lowest BCUT2D eigenvalue weighted by Gasteiger charge is -2.32. The van der Waals surface area contributed by atoms with E-state index >= 15 is 0 Å². The lowest BCUT2D eigenvalue weighted by atomic mass is 9.93. The zero-order valence-electron chi connectivity index (χ0n) is 34.4. The fourth-order valence-corrected chi connectivity index (χ4v) is 5.79. The maximum Gasteiger partial charge on any atom is 0.311 e. The number of esters is 4. The fourth-order valence-electron chi connectivity index (χ4n) is 5.61. The minimum absolute atomic E-state index is 0.0289. The molecule has 0 spiro atoms. The van der Waals surface area contributed by atoms with Gasteiger partial charge in [0.2, 0.25) is 0 Å². The van der Waals surface area contributed by atoms with Gasteiger partial charge in [-0.25, -0.2) is 0 Å². The first-order valence-electron chi connectivity index (χ1n) is 18.9. The van der Waals surface area contributed by atoms with Crippen LogP contribution < -0.4 is 4.74 Å². The second kappa shape index (κ2) is 17.2. The summed E-state index contributed by atoms with van der Waals surface area (Å²) in [7, 11) is 0. The largest absolute Gasteiger partial charge is 0.488 e. The first-order chi connectivity index (χ1) is 25.3. The molecule has 0 amide bonds. The molecule has 2 fully saturated rings. The molecule has 4 rings (SSSR count). The van der Waals surface area contributed by atoms with Gasteiger partial charge in [-0.05, 0) is 124 Å². The minimum atomic E-state index is -1.27. The minimum Gasteiger partial charge on any atom is -0.488 e. The Kier molecular flexibility index (Phi) is 13.8. The van der Waals surface area contributed by atoms with E-state index in [2.05, 4.69) is 0 Å². The fraction of sp³-hybridized carbons (Fsp3) is 0.628. The number of hydrogen-bond acceptors (Lipinski definition) is 11. The number of halogens is 1. The summed E-state index contributed by atoms with van der Waals surface area (Å²) in [5, 5.41) is 0.506. The molecule has 2 aromatic rings. The Labute approximate surface area is 331 Å². The Hall–Kier alpha value is -3.67. The number of hydrogen-bond donors (Lipinski definition) is 0. The number of ether oxygens (including phenoxy) is 7. The van der Waals surface area contributed by atoms with E-state index in [1.54, 1.807) is 95.2 Å². The predicted octanol–water partition coefficient (Wildman–Crippen LogP) is 8.00. The number of rotatable bonds is 11. The standard InChI is InChI=1S/C43H59ClO11/c1-40(2,3)36(45)50-24-31(52-37(46)41(4,5)6)33-35(55-39(48)43(10,11)12)34(54-38(47)42(7,8)9)32(53-33)26-15-18-30(44)27(22-26)21-25-13-16-28(17-14-25)51-29-19-20-49-23-29/h13-18,22,29,31-35H,19-21,23-24H2,1-12H3/t29-,31+,32?,33+,34-,35-/m0/s1. The summed E-state index contributed by atoms with van der Waals surface area (Å²) in [6.07, 6.45) is -4.61. The number of benzene rings is 2. The van der Waals surface area contributed by atoms with Crippen molar-refractivity contribution in [3.05, 3.63) is 64.2 Å². The van der Waals surface area contributed by atoms with E-state index in [1.165, 1.54) is 0 Å². The third-order valence-corrected chi connectivity index (χ3v) is 9.46. The van der Waals surface area contributed by atoms with Crippen molar-refractivity contribution in [1.29, 1.82) is 0 Å². The van der Waals surface area contributed by atoms with Crippen molar-refractivity contribution < 1.29 is 52.3 Å². The summed E-state index contributed by atoms with van der Waals surface area (Å²) in [6, 6.07) is 13.1. The van der Waals surface area contributed by atoms with Crippen LogP contribution in [0.5, 0.6) is 5.75 Å². The molecule has 11 nitrogen and oxygen atoms in total. The molecular weight excluding hydrogens is 728 g/mol. The molecule has 2 aliphatic heterocycles. The van der Waals surface area contributed by atoms with Crippen LogP contribution in [0.25, 0.3) is 0 Å².